The van der Waals surface area contributed by atoms with E-state index in [0.717, 1.165) is 22.0 Å². The number of hydrogen-bond acceptors (Lipinski definition) is 3. The fraction of sp³-hybridized carbons (Fsp3) is 0.400. The Labute approximate surface area is 117 Å². The van der Waals surface area contributed by atoms with E-state index in [-0.39, 0.29) is 19.1 Å². The molecule has 0 spiro atoms. The molecule has 5 heteroatoms. The van der Waals surface area contributed by atoms with Crippen LogP contribution in [0.25, 0.3) is 10.9 Å². The number of methoxy groups -OCH3 is 1. The molecular formula is C15H20N2O3. The van der Waals surface area contributed by atoms with Gasteiger partial charge in [-0.3, -0.25) is 4.79 Å². The zero-order chi connectivity index (χ0) is 14.5. The van der Waals surface area contributed by atoms with E-state index >= 15 is 0 Å². The molecular weight excluding hydrogens is 256 g/mol. The number of H-pyrrole nitrogens is 1. The molecule has 2 aromatic rings. The second-order valence-corrected chi connectivity index (χ2v) is 4.90. The van der Waals surface area contributed by atoms with Crippen molar-refractivity contribution in [3.05, 3.63) is 35.5 Å². The summed E-state index contributed by atoms with van der Waals surface area (Å²) >= 11 is 0. The van der Waals surface area contributed by atoms with Crippen LogP contribution in [0.3, 0.4) is 0 Å². The molecule has 0 radical (unpaired) electrons. The van der Waals surface area contributed by atoms with Crippen LogP contribution in [0.4, 0.5) is 0 Å². The highest BCUT2D eigenvalue weighted by molar-refractivity contribution is 5.91. The number of carbonyl (C=O) groups excluding carboxylic acids is 1. The van der Waals surface area contributed by atoms with Crippen molar-refractivity contribution >= 4 is 16.8 Å². The number of rotatable bonds is 6. The quantitative estimate of drug-likeness (QED) is 0.740. The third-order valence-electron chi connectivity index (χ3n) is 3.24. The molecule has 1 unspecified atom stereocenters. The summed E-state index contributed by atoms with van der Waals surface area (Å²) in [4.78, 5) is 15.1. The number of benzene rings is 1. The van der Waals surface area contributed by atoms with Crippen molar-refractivity contribution in [3.8, 4) is 0 Å². The van der Waals surface area contributed by atoms with Crippen LogP contribution >= 0.6 is 0 Å². The first-order valence-electron chi connectivity index (χ1n) is 6.61. The van der Waals surface area contributed by atoms with E-state index in [4.69, 9.17) is 4.74 Å². The number of aryl methyl sites for hydroxylation is 1. The third-order valence-corrected chi connectivity index (χ3v) is 3.24. The molecule has 1 aromatic heterocycles. The number of aromatic amines is 1. The highest BCUT2D eigenvalue weighted by Crippen LogP contribution is 2.22. The van der Waals surface area contributed by atoms with Crippen molar-refractivity contribution in [2.45, 2.75) is 19.4 Å². The maximum Gasteiger partial charge on any atom is 0.224 e. The summed E-state index contributed by atoms with van der Waals surface area (Å²) in [6.45, 7) is 2.44. The fourth-order valence-electron chi connectivity index (χ4n) is 2.31. The van der Waals surface area contributed by atoms with Gasteiger partial charge in [-0.25, -0.2) is 0 Å². The number of aliphatic hydroxyl groups excluding tert-OH is 1. The highest BCUT2D eigenvalue weighted by atomic mass is 16.5. The van der Waals surface area contributed by atoms with E-state index in [9.17, 15) is 9.90 Å². The molecule has 1 aromatic carbocycles. The normalized spacial score (nSPS) is 12.6. The van der Waals surface area contributed by atoms with Crippen LogP contribution in [0.5, 0.6) is 0 Å². The monoisotopic (exact) mass is 276 g/mol. The Kier molecular flexibility index (Phi) is 4.76. The minimum Gasteiger partial charge on any atom is -0.389 e. The van der Waals surface area contributed by atoms with E-state index in [1.165, 1.54) is 7.11 Å². The first kappa shape index (κ1) is 14.6. The molecule has 20 heavy (non-hydrogen) atoms. The van der Waals surface area contributed by atoms with Gasteiger partial charge in [0.15, 0.2) is 0 Å². The average Bonchev–Trinajstić information content (AvgIpc) is 2.81. The summed E-state index contributed by atoms with van der Waals surface area (Å²) in [6, 6.07) is 6.01. The van der Waals surface area contributed by atoms with E-state index in [0.29, 0.717) is 6.42 Å². The standard InChI is InChI=1S/C15H20N2O3/c1-10-4-3-5-13-15(10)11(7-16-13)6-14(19)17-8-12(18)9-20-2/h3-5,7,12,16,18H,6,8-9H2,1-2H3,(H,17,19). The van der Waals surface area contributed by atoms with Crippen LogP contribution in [-0.2, 0) is 16.0 Å². The van der Waals surface area contributed by atoms with Gasteiger partial charge in [-0.1, -0.05) is 12.1 Å². The van der Waals surface area contributed by atoms with Crippen molar-refractivity contribution in [3.63, 3.8) is 0 Å². The molecule has 1 amide bonds. The molecule has 0 saturated carbocycles. The second kappa shape index (κ2) is 6.54. The van der Waals surface area contributed by atoms with Crippen LogP contribution in [0.1, 0.15) is 11.1 Å². The van der Waals surface area contributed by atoms with Gasteiger partial charge in [0.25, 0.3) is 0 Å². The molecule has 3 N–H and O–H groups in total. The van der Waals surface area contributed by atoms with Crippen LogP contribution in [0, 0.1) is 6.92 Å². The zero-order valence-corrected chi connectivity index (χ0v) is 11.8. The van der Waals surface area contributed by atoms with Gasteiger partial charge in [-0.15, -0.1) is 0 Å². The summed E-state index contributed by atoms with van der Waals surface area (Å²) in [5.41, 5.74) is 3.15. The van der Waals surface area contributed by atoms with Crippen LogP contribution < -0.4 is 5.32 Å². The second-order valence-electron chi connectivity index (χ2n) is 4.90. The fourth-order valence-corrected chi connectivity index (χ4v) is 2.31. The predicted molar refractivity (Wildman–Crippen MR) is 77.6 cm³/mol. The Hall–Kier alpha value is -1.85. The molecule has 0 aliphatic heterocycles. The average molecular weight is 276 g/mol. The number of nitrogens with one attached hydrogen (secondary N) is 2. The lowest BCUT2D eigenvalue weighted by Gasteiger charge is -2.10. The smallest absolute Gasteiger partial charge is 0.224 e. The van der Waals surface area contributed by atoms with Gasteiger partial charge in [0, 0.05) is 30.8 Å². The van der Waals surface area contributed by atoms with Gasteiger partial charge in [0.2, 0.25) is 5.91 Å². The van der Waals surface area contributed by atoms with Gasteiger partial charge in [0.1, 0.15) is 0 Å². The Morgan fingerprint density at radius 2 is 2.30 bits per heavy atom. The molecule has 0 fully saturated rings. The number of aromatic nitrogens is 1. The Bertz CT molecular complexity index is 592. The molecule has 0 aliphatic rings. The lowest BCUT2D eigenvalue weighted by molar-refractivity contribution is -0.121. The molecule has 2 rings (SSSR count). The number of ether oxygens (including phenoxy) is 1. The van der Waals surface area contributed by atoms with Gasteiger partial charge >= 0.3 is 0 Å². The maximum absolute atomic E-state index is 11.9. The van der Waals surface area contributed by atoms with Crippen LogP contribution in [0.15, 0.2) is 24.4 Å². The van der Waals surface area contributed by atoms with E-state index in [1.54, 1.807) is 0 Å². The summed E-state index contributed by atoms with van der Waals surface area (Å²) in [5, 5.41) is 13.3. The number of aliphatic hydroxyl groups is 1. The summed E-state index contributed by atoms with van der Waals surface area (Å²) < 4.78 is 4.81. The maximum atomic E-state index is 11.9. The van der Waals surface area contributed by atoms with Crippen molar-refractivity contribution in [1.82, 2.24) is 10.3 Å². The minimum absolute atomic E-state index is 0.107. The summed E-state index contributed by atoms with van der Waals surface area (Å²) in [5.74, 6) is -0.107. The topological polar surface area (TPSA) is 74.3 Å². The van der Waals surface area contributed by atoms with Crippen molar-refractivity contribution < 1.29 is 14.6 Å². The predicted octanol–water partition coefficient (Wildman–Crippen LogP) is 1.14. The molecule has 1 heterocycles. The lowest BCUT2D eigenvalue weighted by atomic mass is 10.1. The number of carbonyl (C=O) groups is 1. The van der Waals surface area contributed by atoms with Gasteiger partial charge in [-0.2, -0.15) is 0 Å². The zero-order valence-electron chi connectivity index (χ0n) is 11.8. The molecule has 5 nitrogen and oxygen atoms in total. The van der Waals surface area contributed by atoms with Gasteiger partial charge in [0.05, 0.1) is 19.1 Å². The highest BCUT2D eigenvalue weighted by Gasteiger charge is 2.11. The molecule has 0 bridgehead atoms. The first-order chi connectivity index (χ1) is 9.61. The Balaban J connectivity index is 2.00. The number of amides is 1. The number of hydrogen-bond donors (Lipinski definition) is 3. The third kappa shape index (κ3) is 3.37. The Morgan fingerprint density at radius 1 is 1.50 bits per heavy atom. The molecule has 1 atom stereocenters. The van der Waals surface area contributed by atoms with E-state index in [1.807, 2.05) is 31.3 Å². The van der Waals surface area contributed by atoms with Crippen molar-refractivity contribution in [2.75, 3.05) is 20.3 Å². The SMILES string of the molecule is COCC(O)CNC(=O)Cc1c[nH]c2cccc(C)c12. The molecule has 108 valence electrons. The van der Waals surface area contributed by atoms with Gasteiger partial charge < -0.3 is 20.1 Å². The van der Waals surface area contributed by atoms with E-state index < -0.39 is 6.10 Å². The van der Waals surface area contributed by atoms with Gasteiger partial charge in [-0.05, 0) is 24.1 Å². The number of fused-ring (bicyclic) bond motifs is 1. The largest absolute Gasteiger partial charge is 0.389 e. The molecule has 0 saturated heterocycles. The van der Waals surface area contributed by atoms with Crippen molar-refractivity contribution in [2.24, 2.45) is 0 Å². The van der Waals surface area contributed by atoms with Crippen LogP contribution in [-0.4, -0.2) is 42.4 Å². The minimum atomic E-state index is -0.673. The van der Waals surface area contributed by atoms with Crippen LogP contribution in [0.2, 0.25) is 0 Å². The van der Waals surface area contributed by atoms with E-state index in [2.05, 4.69) is 10.3 Å². The van der Waals surface area contributed by atoms with Crippen molar-refractivity contribution in [1.29, 1.82) is 0 Å². The lowest BCUT2D eigenvalue weighted by Crippen LogP contribution is -2.35. The summed E-state index contributed by atoms with van der Waals surface area (Å²) in [7, 11) is 1.51. The molecule has 0 aliphatic carbocycles. The first-order valence-corrected chi connectivity index (χ1v) is 6.61. The Morgan fingerprint density at radius 3 is 3.05 bits per heavy atom. The summed E-state index contributed by atoms with van der Waals surface area (Å²) in [6.07, 6.45) is 1.49.